The summed E-state index contributed by atoms with van der Waals surface area (Å²) in [5.74, 6) is 0. The van der Waals surface area contributed by atoms with Crippen molar-refractivity contribution < 1.29 is 0 Å². The number of fused-ring (bicyclic) bond motifs is 8. The van der Waals surface area contributed by atoms with Crippen LogP contribution in [0.4, 0.5) is 22.7 Å². The summed E-state index contributed by atoms with van der Waals surface area (Å²) >= 11 is 0. The Labute approximate surface area is 341 Å². The Balaban J connectivity index is 1.37. The summed E-state index contributed by atoms with van der Waals surface area (Å²) in [6.07, 6.45) is 14.2. The molecule has 11 rings (SSSR count). The molecule has 6 aromatic carbocycles. The van der Waals surface area contributed by atoms with Crippen LogP contribution in [-0.2, 0) is 0 Å². The van der Waals surface area contributed by atoms with Gasteiger partial charge in [0.15, 0.2) is 0 Å². The first-order valence-electron chi connectivity index (χ1n) is 19.3. The number of anilines is 4. The van der Waals surface area contributed by atoms with Crippen molar-refractivity contribution in [1.29, 1.82) is 0 Å². The van der Waals surface area contributed by atoms with Gasteiger partial charge in [-0.2, -0.15) is 0 Å². The number of hydrogen-bond donors (Lipinski definition) is 0. The van der Waals surface area contributed by atoms with Crippen LogP contribution in [0.3, 0.4) is 0 Å². The zero-order valence-corrected chi connectivity index (χ0v) is 34.3. The predicted octanol–water partition coefficient (Wildman–Crippen LogP) is 6.72. The summed E-state index contributed by atoms with van der Waals surface area (Å²) in [5, 5.41) is 11.1. The summed E-state index contributed by atoms with van der Waals surface area (Å²) < 4.78 is 0. The third kappa shape index (κ3) is 5.70. The second kappa shape index (κ2) is 13.9. The second-order valence-corrected chi connectivity index (χ2v) is 21.1. The topological polar surface area (TPSA) is 110 Å². The molecular formula is C47H36N10P2. The molecule has 0 N–H and O–H groups in total. The van der Waals surface area contributed by atoms with Gasteiger partial charge in [-0.15, -0.1) is 0 Å². The van der Waals surface area contributed by atoms with Crippen LogP contribution in [0.5, 0.6) is 0 Å². The van der Waals surface area contributed by atoms with E-state index in [-0.39, 0.29) is 0 Å². The second-order valence-electron chi connectivity index (χ2n) is 15.0. The molecule has 0 bridgehead atoms. The van der Waals surface area contributed by atoms with E-state index >= 15 is 0 Å². The average Bonchev–Trinajstić information content (AvgIpc) is 3.30. The van der Waals surface area contributed by atoms with Crippen LogP contribution >= 0.6 is 15.2 Å². The van der Waals surface area contributed by atoms with Crippen molar-refractivity contribution in [2.24, 2.45) is 0 Å². The van der Waals surface area contributed by atoms with Crippen molar-refractivity contribution in [3.63, 3.8) is 0 Å². The van der Waals surface area contributed by atoms with Gasteiger partial charge in [-0.3, -0.25) is 0 Å². The monoisotopic (exact) mass is 802 g/mol. The van der Waals surface area contributed by atoms with Crippen LogP contribution < -0.4 is 41.6 Å². The number of rotatable bonds is 2. The van der Waals surface area contributed by atoms with E-state index < -0.39 is 15.2 Å². The molecule has 1 aliphatic heterocycles. The molecule has 0 radical (unpaired) electrons. The minimum atomic E-state index is -3.02. The molecule has 5 heterocycles. The quantitative estimate of drug-likeness (QED) is 0.175. The van der Waals surface area contributed by atoms with Gasteiger partial charge < -0.3 is 0 Å². The van der Waals surface area contributed by atoms with Crippen LogP contribution in [0.25, 0.3) is 43.6 Å². The van der Waals surface area contributed by atoms with E-state index in [2.05, 4.69) is 160 Å². The molecule has 1 unspecified atom stereocenters. The summed E-state index contributed by atoms with van der Waals surface area (Å²) in [7, 11) is 0.121. The number of aromatic nitrogens is 8. The van der Waals surface area contributed by atoms with Gasteiger partial charge >= 0.3 is 343 Å². The molecule has 0 saturated heterocycles. The van der Waals surface area contributed by atoms with Crippen molar-refractivity contribution >= 4 is 113 Å². The van der Waals surface area contributed by atoms with E-state index in [1.54, 1.807) is 25.3 Å². The van der Waals surface area contributed by atoms with Gasteiger partial charge in [0.25, 0.3) is 0 Å². The molecule has 1 atom stereocenters. The van der Waals surface area contributed by atoms with Crippen molar-refractivity contribution in [3.05, 3.63) is 159 Å². The Hall–Kier alpha value is -6.86. The first-order chi connectivity index (χ1) is 29.0. The molecule has 12 heteroatoms. The van der Waals surface area contributed by atoms with E-state index in [9.17, 15) is 0 Å². The van der Waals surface area contributed by atoms with E-state index in [0.717, 1.165) is 71.7 Å². The van der Waals surface area contributed by atoms with Gasteiger partial charge in [0.05, 0.1) is 0 Å². The zero-order chi connectivity index (χ0) is 39.7. The van der Waals surface area contributed by atoms with Gasteiger partial charge in [0.2, 0.25) is 0 Å². The normalized spacial score (nSPS) is 15.5. The predicted molar refractivity (Wildman–Crippen MR) is 246 cm³/mol. The Kier molecular flexibility index (Phi) is 8.33. The van der Waals surface area contributed by atoms with E-state index in [4.69, 9.17) is 19.9 Å². The van der Waals surface area contributed by atoms with Crippen LogP contribution in [0.2, 0.25) is 0 Å². The Morgan fingerprint density at radius 1 is 0.441 bits per heavy atom. The molecule has 0 spiro atoms. The first kappa shape index (κ1) is 35.3. The number of benzene rings is 6. The molecule has 0 aliphatic carbocycles. The summed E-state index contributed by atoms with van der Waals surface area (Å²) in [4.78, 5) is 42.0. The Bertz CT molecular complexity index is 3080. The fourth-order valence-corrected chi connectivity index (χ4v) is 15.6. The molecule has 0 amide bonds. The average molecular weight is 803 g/mol. The fourth-order valence-electron chi connectivity index (χ4n) is 8.77. The van der Waals surface area contributed by atoms with E-state index in [0.29, 0.717) is 0 Å². The standard InChI is InChI=1S/C47H36N10P2/c1-56-40-14-30-22-48-28-54-38(30)20-45(40)58(34-10-6-4-7-11-34)44-16-32-24-50-26-52-36(32)18-41(44)57(2)43-19-37-33(25-51-27-53-37)17-46(43)59(3,35-12-8-5-9-13-35)47-21-39-31(15-42(47)56)23-49-29-55-39/h4-29,59H,1-3H3. The van der Waals surface area contributed by atoms with Gasteiger partial charge in [-0.25, -0.2) is 0 Å². The van der Waals surface area contributed by atoms with Gasteiger partial charge in [0.1, 0.15) is 0 Å². The molecule has 0 fully saturated rings. The van der Waals surface area contributed by atoms with E-state index in [1.165, 1.54) is 26.5 Å². The van der Waals surface area contributed by atoms with Crippen LogP contribution in [-0.4, -0.2) is 60.6 Å². The fraction of sp³-hybridized carbons (Fsp3) is 0.0638. The molecule has 4 aromatic heterocycles. The molecule has 0 saturated carbocycles. The zero-order valence-electron chi connectivity index (χ0n) is 32.4. The molecule has 10 aromatic rings. The Morgan fingerprint density at radius 3 is 1.47 bits per heavy atom. The van der Waals surface area contributed by atoms with Crippen molar-refractivity contribution in [2.45, 2.75) is 0 Å². The van der Waals surface area contributed by atoms with Gasteiger partial charge in [-0.05, 0) is 0 Å². The Morgan fingerprint density at radius 2 is 0.864 bits per heavy atom. The van der Waals surface area contributed by atoms with E-state index in [1.807, 2.05) is 24.8 Å². The third-order valence-corrected chi connectivity index (χ3v) is 18.8. The van der Waals surface area contributed by atoms with Gasteiger partial charge in [0, 0.05) is 0 Å². The SMILES string of the molecule is CN1c2cc3ncncc3cc2P(c2ccccc2)c2cc3ncncc3cc2N(C)c2cc3cncnc3cc2[PH](C)(c2ccccc2)c2cc3cncnc3cc21. The molecule has 284 valence electrons. The number of hydrogen-bond acceptors (Lipinski definition) is 10. The van der Waals surface area contributed by atoms with Crippen LogP contribution in [0, 0.1) is 0 Å². The van der Waals surface area contributed by atoms with Crippen molar-refractivity contribution in [1.82, 2.24) is 39.9 Å². The maximum absolute atomic E-state index is 4.86. The molecular weight excluding hydrogens is 767 g/mol. The van der Waals surface area contributed by atoms with Crippen LogP contribution in [0.1, 0.15) is 0 Å². The summed E-state index contributed by atoms with van der Waals surface area (Å²) in [5.41, 5.74) is 7.78. The first-order valence-corrected chi connectivity index (χ1v) is 23.1. The molecule has 59 heavy (non-hydrogen) atoms. The minimum absolute atomic E-state index is 0.869. The third-order valence-electron chi connectivity index (χ3n) is 11.8. The van der Waals surface area contributed by atoms with Gasteiger partial charge in [-0.1, -0.05) is 0 Å². The molecule has 10 nitrogen and oxygen atoms in total. The van der Waals surface area contributed by atoms with Crippen molar-refractivity contribution in [3.8, 4) is 0 Å². The maximum atomic E-state index is 4.86. The molecule has 1 aliphatic rings. The van der Waals surface area contributed by atoms with Crippen LogP contribution in [0.15, 0.2) is 159 Å². The number of nitrogens with zero attached hydrogens (tertiary/aromatic N) is 10. The summed E-state index contributed by atoms with van der Waals surface area (Å²) in [6, 6.07) is 40.1. The summed E-state index contributed by atoms with van der Waals surface area (Å²) in [6.45, 7) is 2.47. The van der Waals surface area contributed by atoms with Crippen molar-refractivity contribution in [2.75, 3.05) is 30.6 Å².